The summed E-state index contributed by atoms with van der Waals surface area (Å²) in [5.74, 6) is 0. The Kier molecular flexibility index (Phi) is 5.09. The summed E-state index contributed by atoms with van der Waals surface area (Å²) in [6.07, 6.45) is -4.06. The van der Waals surface area contributed by atoms with Gasteiger partial charge < -0.3 is 8.54 Å². The van der Waals surface area contributed by atoms with Crippen molar-refractivity contribution >= 4 is 25.0 Å². The Hall–Kier alpha value is 0.361. The molecular formula is C12H27F3O2Si3. The first kappa shape index (κ1) is 18.4. The quantitative estimate of drug-likeness (QED) is 0.661. The van der Waals surface area contributed by atoms with E-state index >= 15 is 0 Å². The molecule has 1 saturated heterocycles. The van der Waals surface area contributed by atoms with Gasteiger partial charge in [0, 0.05) is 0 Å². The third kappa shape index (κ3) is 4.19. The van der Waals surface area contributed by atoms with Crippen LogP contribution in [-0.2, 0) is 8.54 Å². The van der Waals surface area contributed by atoms with E-state index in [4.69, 9.17) is 8.54 Å². The maximum absolute atomic E-state index is 13.2. The Bertz CT molecular complexity index is 355. The van der Waals surface area contributed by atoms with Gasteiger partial charge >= 0.3 is 6.18 Å². The van der Waals surface area contributed by atoms with Gasteiger partial charge in [-0.05, 0) is 51.7 Å². The summed E-state index contributed by atoms with van der Waals surface area (Å²) in [6, 6.07) is 0.914. The van der Waals surface area contributed by atoms with Crippen molar-refractivity contribution in [2.45, 2.75) is 76.1 Å². The Labute approximate surface area is 123 Å². The Morgan fingerprint density at radius 3 is 2.00 bits per heavy atom. The molecular weight excluding hydrogens is 317 g/mol. The van der Waals surface area contributed by atoms with Gasteiger partial charge in [0.15, 0.2) is 16.6 Å². The maximum atomic E-state index is 13.2. The van der Waals surface area contributed by atoms with Crippen molar-refractivity contribution in [3.8, 4) is 0 Å². The minimum Gasteiger partial charge on any atom is -0.454 e. The maximum Gasteiger partial charge on any atom is 0.391 e. The fourth-order valence-corrected chi connectivity index (χ4v) is 14.0. The highest BCUT2D eigenvalue weighted by molar-refractivity contribution is 6.88. The zero-order chi connectivity index (χ0) is 16.0. The molecule has 0 aliphatic carbocycles. The molecule has 120 valence electrons. The average molecular weight is 345 g/mol. The molecule has 0 spiro atoms. The van der Waals surface area contributed by atoms with Crippen LogP contribution >= 0.6 is 0 Å². The van der Waals surface area contributed by atoms with Gasteiger partial charge in [-0.15, -0.1) is 0 Å². The van der Waals surface area contributed by atoms with Crippen LogP contribution in [0, 0.1) is 0 Å². The second kappa shape index (κ2) is 5.53. The molecule has 0 amide bonds. The number of halogens is 3. The van der Waals surface area contributed by atoms with E-state index in [-0.39, 0.29) is 12.1 Å². The molecule has 1 heterocycles. The largest absolute Gasteiger partial charge is 0.454 e. The third-order valence-corrected chi connectivity index (χ3v) is 14.7. The molecule has 0 radical (unpaired) electrons. The molecule has 8 heteroatoms. The molecule has 0 aromatic rings. The standard InChI is InChI=1S/C12H27F3O2Si3/c1-8-19(5,6)16-11-9-10(12(13,14)15)20(11,7)17-18(2,3)4/h10-11H,8-9H2,1-7H3. The van der Waals surface area contributed by atoms with Crippen molar-refractivity contribution in [1.82, 2.24) is 0 Å². The Morgan fingerprint density at radius 2 is 1.65 bits per heavy atom. The van der Waals surface area contributed by atoms with E-state index < -0.39 is 36.7 Å². The first-order chi connectivity index (χ1) is 8.71. The number of rotatable bonds is 5. The molecule has 20 heavy (non-hydrogen) atoms. The van der Waals surface area contributed by atoms with E-state index in [1.807, 2.05) is 26.6 Å². The molecule has 3 atom stereocenters. The summed E-state index contributed by atoms with van der Waals surface area (Å²) in [5, 5.41) is 0. The van der Waals surface area contributed by atoms with Crippen LogP contribution in [0.15, 0.2) is 0 Å². The van der Waals surface area contributed by atoms with Crippen LogP contribution in [0.5, 0.6) is 0 Å². The van der Waals surface area contributed by atoms with Gasteiger partial charge in [0.05, 0.1) is 11.3 Å². The summed E-state index contributed by atoms with van der Waals surface area (Å²) < 4.78 is 51.7. The highest BCUT2D eigenvalue weighted by atomic mass is 28.4. The minimum atomic E-state index is -4.15. The topological polar surface area (TPSA) is 18.5 Å². The lowest BCUT2D eigenvalue weighted by molar-refractivity contribution is -0.151. The van der Waals surface area contributed by atoms with Crippen LogP contribution < -0.4 is 0 Å². The van der Waals surface area contributed by atoms with E-state index in [0.29, 0.717) is 0 Å². The van der Waals surface area contributed by atoms with E-state index in [9.17, 15) is 13.2 Å². The van der Waals surface area contributed by atoms with Gasteiger partial charge in [-0.3, -0.25) is 0 Å². The van der Waals surface area contributed by atoms with Crippen molar-refractivity contribution in [3.05, 3.63) is 0 Å². The fourth-order valence-electron chi connectivity index (χ4n) is 2.63. The molecule has 0 aromatic carbocycles. The normalized spacial score (nSPS) is 32.1. The summed E-state index contributed by atoms with van der Waals surface area (Å²) in [7, 11) is -6.78. The van der Waals surface area contributed by atoms with E-state index in [1.165, 1.54) is 0 Å². The molecule has 1 fully saturated rings. The zero-order valence-electron chi connectivity index (χ0n) is 13.5. The van der Waals surface area contributed by atoms with Gasteiger partial charge in [-0.2, -0.15) is 13.2 Å². The predicted molar refractivity (Wildman–Crippen MR) is 83.3 cm³/mol. The van der Waals surface area contributed by atoms with E-state index in [0.717, 1.165) is 6.04 Å². The van der Waals surface area contributed by atoms with E-state index in [1.54, 1.807) is 6.55 Å². The van der Waals surface area contributed by atoms with Crippen LogP contribution in [0.1, 0.15) is 13.3 Å². The molecule has 0 N–H and O–H groups in total. The zero-order valence-corrected chi connectivity index (χ0v) is 16.5. The second-order valence-corrected chi connectivity index (χ2v) is 20.7. The average Bonchev–Trinajstić information content (AvgIpc) is 2.19. The summed E-state index contributed by atoms with van der Waals surface area (Å²) in [4.78, 5) is 0. The van der Waals surface area contributed by atoms with E-state index in [2.05, 4.69) is 13.1 Å². The van der Waals surface area contributed by atoms with Crippen LogP contribution in [-0.4, -0.2) is 36.9 Å². The van der Waals surface area contributed by atoms with Crippen molar-refractivity contribution < 1.29 is 21.7 Å². The van der Waals surface area contributed by atoms with Crippen molar-refractivity contribution in [2.75, 3.05) is 0 Å². The van der Waals surface area contributed by atoms with Gasteiger partial charge in [-0.1, -0.05) is 6.92 Å². The van der Waals surface area contributed by atoms with Crippen LogP contribution in [0.2, 0.25) is 50.9 Å². The van der Waals surface area contributed by atoms with Crippen LogP contribution in [0.4, 0.5) is 13.2 Å². The lowest BCUT2D eigenvalue weighted by atomic mass is 10.3. The van der Waals surface area contributed by atoms with Crippen molar-refractivity contribution in [1.29, 1.82) is 0 Å². The molecule has 0 bridgehead atoms. The van der Waals surface area contributed by atoms with Crippen molar-refractivity contribution in [2.24, 2.45) is 0 Å². The minimum absolute atomic E-state index is 0.0904. The first-order valence-corrected chi connectivity index (χ1v) is 16.2. The highest BCUT2D eigenvalue weighted by Crippen LogP contribution is 2.55. The second-order valence-electron chi connectivity index (χ2n) is 7.45. The number of hydrogen-bond acceptors (Lipinski definition) is 2. The predicted octanol–water partition coefficient (Wildman–Crippen LogP) is 4.90. The van der Waals surface area contributed by atoms with Gasteiger partial charge in [0.2, 0.25) is 8.32 Å². The highest BCUT2D eigenvalue weighted by Gasteiger charge is 2.67. The molecule has 1 rings (SSSR count). The molecule has 0 saturated carbocycles. The van der Waals surface area contributed by atoms with Crippen LogP contribution in [0.25, 0.3) is 0 Å². The molecule has 1 aliphatic rings. The SMILES string of the molecule is CC[Si](C)(C)OC1CC(C(F)(F)F)[Si]1(C)O[Si](C)(C)C. The lowest BCUT2D eigenvalue weighted by Crippen LogP contribution is -2.70. The first-order valence-electron chi connectivity index (χ1n) is 7.16. The van der Waals surface area contributed by atoms with Crippen molar-refractivity contribution in [3.63, 3.8) is 0 Å². The lowest BCUT2D eigenvalue weighted by Gasteiger charge is -2.55. The monoisotopic (exact) mass is 344 g/mol. The van der Waals surface area contributed by atoms with Gasteiger partial charge in [0.1, 0.15) is 0 Å². The third-order valence-electron chi connectivity index (χ3n) is 4.01. The Balaban J connectivity index is 2.94. The molecule has 0 aromatic heterocycles. The van der Waals surface area contributed by atoms with Gasteiger partial charge in [0.25, 0.3) is 0 Å². The van der Waals surface area contributed by atoms with Crippen LogP contribution in [0.3, 0.4) is 0 Å². The molecule has 3 unspecified atom stereocenters. The summed E-state index contributed by atoms with van der Waals surface area (Å²) in [5.41, 5.74) is -1.56. The molecule has 1 aliphatic heterocycles. The number of alkyl halides is 3. The Morgan fingerprint density at radius 1 is 1.15 bits per heavy atom. The summed E-state index contributed by atoms with van der Waals surface area (Å²) >= 11 is 0. The summed E-state index contributed by atoms with van der Waals surface area (Å²) in [6.45, 7) is 13.8. The smallest absolute Gasteiger partial charge is 0.391 e. The molecule has 2 nitrogen and oxygen atoms in total. The fraction of sp³-hybridized carbons (Fsp3) is 1.00. The van der Waals surface area contributed by atoms with Gasteiger partial charge in [-0.25, -0.2) is 0 Å². The number of hydrogen-bond donors (Lipinski definition) is 0.